The Kier molecular flexibility index (Phi) is 6.60. The van der Waals surface area contributed by atoms with Crippen LogP contribution < -0.4 is 10.2 Å². The van der Waals surface area contributed by atoms with Crippen LogP contribution in [-0.2, 0) is 4.79 Å². The van der Waals surface area contributed by atoms with Gasteiger partial charge in [0.2, 0.25) is 5.91 Å². The van der Waals surface area contributed by atoms with Crippen molar-refractivity contribution < 1.29 is 9.59 Å². The van der Waals surface area contributed by atoms with Crippen LogP contribution in [0.1, 0.15) is 36.7 Å². The summed E-state index contributed by atoms with van der Waals surface area (Å²) in [6, 6.07) is 3.54. The van der Waals surface area contributed by atoms with Crippen LogP contribution in [0, 0.1) is 5.92 Å². The Morgan fingerprint density at radius 2 is 1.78 bits per heavy atom. The number of aromatic nitrogens is 2. The maximum Gasteiger partial charge on any atom is 0.271 e. The van der Waals surface area contributed by atoms with Crippen molar-refractivity contribution in [2.75, 3.05) is 57.8 Å². The van der Waals surface area contributed by atoms with Crippen molar-refractivity contribution in [2.24, 2.45) is 5.92 Å². The van der Waals surface area contributed by atoms with E-state index in [0.29, 0.717) is 23.9 Å². The summed E-state index contributed by atoms with van der Waals surface area (Å²) in [7, 11) is 1.58. The first kappa shape index (κ1) is 19.5. The molecule has 2 aliphatic rings. The minimum Gasteiger partial charge on any atom is -0.355 e. The van der Waals surface area contributed by atoms with E-state index in [4.69, 9.17) is 0 Å². The molecule has 1 N–H and O–H groups in total. The number of likely N-dealkylation sites (N-methyl/N-ethyl adjacent to an activating group) is 1. The van der Waals surface area contributed by atoms with Crippen molar-refractivity contribution in [3.63, 3.8) is 0 Å². The minimum atomic E-state index is -0.231. The van der Waals surface area contributed by atoms with Gasteiger partial charge in [0.1, 0.15) is 0 Å². The molecule has 1 aromatic heterocycles. The molecule has 0 bridgehead atoms. The molecule has 1 aromatic rings. The molecule has 2 saturated heterocycles. The van der Waals surface area contributed by atoms with Gasteiger partial charge in [0.05, 0.1) is 0 Å². The molecule has 3 heterocycles. The predicted molar refractivity (Wildman–Crippen MR) is 104 cm³/mol. The molecule has 3 rings (SSSR count). The molecule has 27 heavy (non-hydrogen) atoms. The normalized spacial score (nSPS) is 19.2. The van der Waals surface area contributed by atoms with Gasteiger partial charge in [-0.05, 0) is 37.4 Å². The van der Waals surface area contributed by atoms with Crippen LogP contribution in [0.5, 0.6) is 0 Å². The van der Waals surface area contributed by atoms with Crippen LogP contribution >= 0.6 is 0 Å². The minimum absolute atomic E-state index is 0.231. The van der Waals surface area contributed by atoms with Crippen LogP contribution in [0.25, 0.3) is 0 Å². The van der Waals surface area contributed by atoms with E-state index in [-0.39, 0.29) is 5.91 Å². The summed E-state index contributed by atoms with van der Waals surface area (Å²) in [6.45, 7) is 8.68. The van der Waals surface area contributed by atoms with Gasteiger partial charge in [0, 0.05) is 52.7 Å². The average molecular weight is 374 g/mol. The molecule has 0 radical (unpaired) electrons. The Balaban J connectivity index is 1.45. The quantitative estimate of drug-likeness (QED) is 0.813. The second-order valence-corrected chi connectivity index (χ2v) is 7.31. The molecule has 2 amide bonds. The van der Waals surface area contributed by atoms with Crippen molar-refractivity contribution >= 4 is 17.6 Å². The fraction of sp³-hybridized carbons (Fsp3) is 0.684. The average Bonchev–Trinajstić information content (AvgIpc) is 2.74. The number of carbonyl (C=O) groups excluding carboxylic acids is 2. The van der Waals surface area contributed by atoms with E-state index < -0.39 is 0 Å². The molecule has 0 aliphatic carbocycles. The maximum absolute atomic E-state index is 12.6. The molecule has 0 aromatic carbocycles. The highest BCUT2D eigenvalue weighted by molar-refractivity contribution is 5.91. The Labute approximate surface area is 160 Å². The Bertz CT molecular complexity index is 634. The van der Waals surface area contributed by atoms with Gasteiger partial charge in [-0.2, -0.15) is 0 Å². The largest absolute Gasteiger partial charge is 0.355 e. The van der Waals surface area contributed by atoms with Crippen molar-refractivity contribution in [1.82, 2.24) is 25.3 Å². The first-order valence-electron chi connectivity index (χ1n) is 9.91. The molecule has 8 nitrogen and oxygen atoms in total. The number of amides is 2. The lowest BCUT2D eigenvalue weighted by molar-refractivity contribution is -0.134. The second kappa shape index (κ2) is 9.12. The van der Waals surface area contributed by atoms with Gasteiger partial charge < -0.3 is 20.0 Å². The molecular formula is C19H30N6O2. The molecule has 0 atom stereocenters. The van der Waals surface area contributed by atoms with Crippen molar-refractivity contribution in [1.29, 1.82) is 0 Å². The Hall–Kier alpha value is -2.22. The van der Waals surface area contributed by atoms with Gasteiger partial charge >= 0.3 is 0 Å². The van der Waals surface area contributed by atoms with Gasteiger partial charge in [0.25, 0.3) is 5.91 Å². The van der Waals surface area contributed by atoms with E-state index in [9.17, 15) is 9.59 Å². The summed E-state index contributed by atoms with van der Waals surface area (Å²) in [5.74, 6) is 1.31. The number of rotatable bonds is 5. The summed E-state index contributed by atoms with van der Waals surface area (Å²) in [4.78, 5) is 30.7. The summed E-state index contributed by atoms with van der Waals surface area (Å²) in [5.41, 5.74) is 0.324. The number of piperazine rings is 1. The van der Waals surface area contributed by atoms with Crippen molar-refractivity contribution in [3.8, 4) is 0 Å². The molecule has 0 spiro atoms. The maximum atomic E-state index is 12.6. The van der Waals surface area contributed by atoms with Crippen molar-refractivity contribution in [3.05, 3.63) is 17.8 Å². The highest BCUT2D eigenvalue weighted by Gasteiger charge is 2.26. The van der Waals surface area contributed by atoms with Crippen molar-refractivity contribution in [2.45, 2.75) is 26.2 Å². The van der Waals surface area contributed by atoms with E-state index in [2.05, 4.69) is 32.2 Å². The van der Waals surface area contributed by atoms with E-state index in [1.54, 1.807) is 13.1 Å². The number of hydrogen-bond acceptors (Lipinski definition) is 6. The fourth-order valence-electron chi connectivity index (χ4n) is 3.80. The number of anilines is 1. The second-order valence-electron chi connectivity index (χ2n) is 7.31. The van der Waals surface area contributed by atoms with E-state index in [0.717, 1.165) is 64.5 Å². The zero-order valence-electron chi connectivity index (χ0n) is 16.4. The third-order valence-electron chi connectivity index (χ3n) is 5.68. The monoisotopic (exact) mass is 374 g/mol. The van der Waals surface area contributed by atoms with Gasteiger partial charge in [0.15, 0.2) is 11.5 Å². The third kappa shape index (κ3) is 4.94. The van der Waals surface area contributed by atoms with Crippen LogP contribution in [0.4, 0.5) is 5.82 Å². The predicted octanol–water partition coefficient (Wildman–Crippen LogP) is 0.607. The van der Waals surface area contributed by atoms with Gasteiger partial charge in [-0.1, -0.05) is 6.92 Å². The molecule has 0 saturated carbocycles. The number of nitrogens with one attached hydrogen (secondary N) is 1. The Morgan fingerprint density at radius 1 is 1.07 bits per heavy atom. The van der Waals surface area contributed by atoms with Crippen LogP contribution in [0.15, 0.2) is 12.1 Å². The number of nitrogens with zero attached hydrogens (tertiary/aromatic N) is 5. The summed E-state index contributed by atoms with van der Waals surface area (Å²) in [6.07, 6.45) is 2.63. The Morgan fingerprint density at radius 3 is 2.33 bits per heavy atom. The lowest BCUT2D eigenvalue weighted by atomic mass is 9.93. The first-order chi connectivity index (χ1) is 13.1. The zero-order chi connectivity index (χ0) is 19.2. The van der Waals surface area contributed by atoms with Gasteiger partial charge in [-0.15, -0.1) is 10.2 Å². The zero-order valence-corrected chi connectivity index (χ0v) is 16.4. The number of carbonyl (C=O) groups is 2. The smallest absolute Gasteiger partial charge is 0.271 e. The highest BCUT2D eigenvalue weighted by atomic mass is 16.2. The van der Waals surface area contributed by atoms with Gasteiger partial charge in [-0.3, -0.25) is 9.59 Å². The number of hydrogen-bond donors (Lipinski definition) is 1. The third-order valence-corrected chi connectivity index (χ3v) is 5.68. The fourth-order valence-corrected chi connectivity index (χ4v) is 3.80. The summed E-state index contributed by atoms with van der Waals surface area (Å²) < 4.78 is 0. The topological polar surface area (TPSA) is 81.7 Å². The lowest BCUT2D eigenvalue weighted by Gasteiger charge is -2.36. The van der Waals surface area contributed by atoms with E-state index >= 15 is 0 Å². The molecule has 0 unspecified atom stereocenters. The SMILES string of the molecule is CCN1CCN(C(=O)CC2CCN(c3ccc(C(=O)NC)nn3)CC2)CC1. The van der Waals surface area contributed by atoms with E-state index in [1.165, 1.54) is 0 Å². The van der Waals surface area contributed by atoms with E-state index in [1.807, 2.05) is 11.0 Å². The number of piperidine rings is 1. The molecule has 148 valence electrons. The van der Waals surface area contributed by atoms with Crippen LogP contribution in [0.3, 0.4) is 0 Å². The summed E-state index contributed by atoms with van der Waals surface area (Å²) in [5, 5.41) is 10.7. The molecule has 2 aliphatic heterocycles. The van der Waals surface area contributed by atoms with Gasteiger partial charge in [-0.25, -0.2) is 0 Å². The van der Waals surface area contributed by atoms with Crippen LogP contribution in [-0.4, -0.2) is 84.7 Å². The first-order valence-corrected chi connectivity index (χ1v) is 9.91. The molecular weight excluding hydrogens is 344 g/mol. The molecule has 8 heteroatoms. The summed E-state index contributed by atoms with van der Waals surface area (Å²) >= 11 is 0. The lowest BCUT2D eigenvalue weighted by Crippen LogP contribution is -2.49. The standard InChI is InChI=1S/C19H30N6O2/c1-3-23-10-12-25(13-11-23)18(26)14-15-6-8-24(9-7-15)17-5-4-16(21-22-17)19(27)20-2/h4-5,15H,3,6-14H2,1-2H3,(H,20,27). The molecule has 2 fully saturated rings. The van der Waals surface area contributed by atoms with Crippen LogP contribution in [0.2, 0.25) is 0 Å². The highest BCUT2D eigenvalue weighted by Crippen LogP contribution is 2.24.